The van der Waals surface area contributed by atoms with E-state index in [2.05, 4.69) is 30.2 Å². The molecule has 0 atom stereocenters. The van der Waals surface area contributed by atoms with Gasteiger partial charge < -0.3 is 4.90 Å². The quantitative estimate of drug-likeness (QED) is 0.617. The van der Waals surface area contributed by atoms with Crippen LogP contribution in [0.15, 0.2) is 35.9 Å². The van der Waals surface area contributed by atoms with Gasteiger partial charge in [0.1, 0.15) is 17.5 Å². The first-order valence-corrected chi connectivity index (χ1v) is 9.75. The topological polar surface area (TPSA) is 3.24 Å². The Morgan fingerprint density at radius 3 is 2.31 bits per heavy atom. The van der Waals surface area contributed by atoms with Crippen molar-refractivity contribution in [1.82, 2.24) is 4.90 Å². The van der Waals surface area contributed by atoms with Crippen LogP contribution in [0.25, 0.3) is 0 Å². The second-order valence-corrected chi connectivity index (χ2v) is 7.62. The van der Waals surface area contributed by atoms with Crippen molar-refractivity contribution in [3.8, 4) is 0 Å². The molecular weight excluding hydrogens is 335 g/mol. The molecule has 0 unspecified atom stereocenters. The van der Waals surface area contributed by atoms with Crippen LogP contribution in [0.5, 0.6) is 0 Å². The summed E-state index contributed by atoms with van der Waals surface area (Å²) in [6.45, 7) is 0.800. The van der Waals surface area contributed by atoms with Crippen LogP contribution in [0.3, 0.4) is 0 Å². The number of nitrogens with zero attached hydrogens (tertiary/aromatic N) is 1. The molecule has 0 saturated heterocycles. The number of hydrogen-bond acceptors (Lipinski definition) is 1. The van der Waals surface area contributed by atoms with Gasteiger partial charge in [0.15, 0.2) is 0 Å². The van der Waals surface area contributed by atoms with Crippen LogP contribution in [0.2, 0.25) is 0 Å². The third kappa shape index (κ3) is 4.79. The molecule has 1 saturated carbocycles. The fraction of sp³-hybridized carbons (Fsp3) is 0.545. The minimum atomic E-state index is -0.861. The molecule has 0 N–H and O–H groups in total. The first-order chi connectivity index (χ1) is 12.5. The van der Waals surface area contributed by atoms with E-state index in [1.165, 1.54) is 37.7 Å². The first kappa shape index (κ1) is 19.2. The van der Waals surface area contributed by atoms with E-state index >= 15 is 0 Å². The van der Waals surface area contributed by atoms with Crippen molar-refractivity contribution in [2.24, 2.45) is 5.92 Å². The van der Waals surface area contributed by atoms with Crippen molar-refractivity contribution >= 4 is 0 Å². The summed E-state index contributed by atoms with van der Waals surface area (Å²) in [6, 6.07) is 2.07. The van der Waals surface area contributed by atoms with E-state index in [1.807, 2.05) is 0 Å². The zero-order valence-corrected chi connectivity index (χ0v) is 15.5. The summed E-state index contributed by atoms with van der Waals surface area (Å²) in [5.74, 6) is -1.72. The van der Waals surface area contributed by atoms with Crippen molar-refractivity contribution in [2.75, 3.05) is 13.6 Å². The molecule has 0 radical (unpaired) electrons. The van der Waals surface area contributed by atoms with Gasteiger partial charge in [0.05, 0.1) is 0 Å². The van der Waals surface area contributed by atoms with Gasteiger partial charge in [-0.25, -0.2) is 13.2 Å². The van der Waals surface area contributed by atoms with Crippen molar-refractivity contribution < 1.29 is 13.2 Å². The molecule has 2 aliphatic carbocycles. The molecule has 0 heterocycles. The molecule has 2 aliphatic rings. The monoisotopic (exact) mass is 363 g/mol. The van der Waals surface area contributed by atoms with Crippen molar-refractivity contribution in [3.05, 3.63) is 58.9 Å². The van der Waals surface area contributed by atoms with Gasteiger partial charge >= 0.3 is 0 Å². The predicted molar refractivity (Wildman–Crippen MR) is 99.5 cm³/mol. The Morgan fingerprint density at radius 1 is 1.00 bits per heavy atom. The molecule has 26 heavy (non-hydrogen) atoms. The molecular formula is C22H28F3N. The Hall–Kier alpha value is -1.55. The van der Waals surface area contributed by atoms with Crippen molar-refractivity contribution in [2.45, 2.75) is 57.4 Å². The van der Waals surface area contributed by atoms with Gasteiger partial charge in [0.25, 0.3) is 0 Å². The first-order valence-electron chi connectivity index (χ1n) is 9.75. The van der Waals surface area contributed by atoms with Crippen LogP contribution in [0.1, 0.15) is 50.5 Å². The summed E-state index contributed by atoms with van der Waals surface area (Å²) >= 11 is 0. The minimum Gasteiger partial charge on any atom is -0.303 e. The normalized spacial score (nSPS) is 23.3. The summed E-state index contributed by atoms with van der Waals surface area (Å²) in [5.41, 5.74) is 1.51. The highest BCUT2D eigenvalue weighted by atomic mass is 19.1. The number of benzene rings is 1. The molecule has 1 nitrogen and oxygen atoms in total. The van der Waals surface area contributed by atoms with Crippen LogP contribution in [0.4, 0.5) is 13.2 Å². The molecule has 4 heteroatoms. The zero-order chi connectivity index (χ0) is 18.5. The van der Waals surface area contributed by atoms with E-state index in [1.54, 1.807) is 0 Å². The molecule has 142 valence electrons. The van der Waals surface area contributed by atoms with E-state index in [-0.39, 0.29) is 5.56 Å². The van der Waals surface area contributed by atoms with Crippen LogP contribution in [0, 0.1) is 23.4 Å². The van der Waals surface area contributed by atoms with Crippen LogP contribution in [-0.2, 0) is 6.42 Å². The average molecular weight is 363 g/mol. The standard InChI is InChI=1S/C22H28F3N/c1-26(13-5-8-20-21(24)14-18(23)15-22(20)25)19-11-9-17(10-12-19)16-6-3-2-4-7-16/h3,6-7,14-15,17,19H,2,4-5,8-13H2,1H3. The van der Waals surface area contributed by atoms with Crippen LogP contribution in [-0.4, -0.2) is 24.5 Å². The second kappa shape index (κ2) is 8.90. The largest absolute Gasteiger partial charge is 0.303 e. The lowest BCUT2D eigenvalue weighted by atomic mass is 9.79. The van der Waals surface area contributed by atoms with E-state index in [0.717, 1.165) is 25.1 Å². The Morgan fingerprint density at radius 2 is 1.69 bits per heavy atom. The molecule has 0 amide bonds. The Balaban J connectivity index is 1.44. The lowest BCUT2D eigenvalue weighted by Crippen LogP contribution is -2.36. The predicted octanol–water partition coefficient (Wildman–Crippen LogP) is 5.80. The minimum absolute atomic E-state index is 0.000434. The molecule has 0 spiro atoms. The maximum atomic E-state index is 13.7. The van der Waals surface area contributed by atoms with E-state index in [0.29, 0.717) is 24.8 Å². The average Bonchev–Trinajstić information content (AvgIpc) is 2.64. The van der Waals surface area contributed by atoms with Gasteiger partial charge in [0.2, 0.25) is 0 Å². The number of hydrogen-bond donors (Lipinski definition) is 0. The highest BCUT2D eigenvalue weighted by Gasteiger charge is 2.25. The number of rotatable bonds is 6. The summed E-state index contributed by atoms with van der Waals surface area (Å²) in [6.07, 6.45) is 15.0. The molecule has 0 aliphatic heterocycles. The SMILES string of the molecule is CN(CCCc1c(F)cc(F)cc1F)C1CCC(C2=CCCC=C2)CC1. The van der Waals surface area contributed by atoms with Gasteiger partial charge in [-0.2, -0.15) is 0 Å². The Labute approximate surface area is 154 Å². The fourth-order valence-electron chi connectivity index (χ4n) is 4.29. The van der Waals surface area contributed by atoms with E-state index in [4.69, 9.17) is 0 Å². The maximum absolute atomic E-state index is 13.7. The van der Waals surface area contributed by atoms with E-state index < -0.39 is 17.5 Å². The molecule has 1 aromatic rings. The third-order valence-corrected chi connectivity index (χ3v) is 5.86. The van der Waals surface area contributed by atoms with Crippen molar-refractivity contribution in [1.29, 1.82) is 0 Å². The lowest BCUT2D eigenvalue weighted by molar-refractivity contribution is 0.173. The number of halogens is 3. The maximum Gasteiger partial charge on any atom is 0.132 e. The summed E-state index contributed by atoms with van der Waals surface area (Å²) < 4.78 is 40.4. The molecule has 0 aromatic heterocycles. The molecule has 1 aromatic carbocycles. The lowest BCUT2D eigenvalue weighted by Gasteiger charge is -2.35. The second-order valence-electron chi connectivity index (χ2n) is 7.62. The van der Waals surface area contributed by atoms with Crippen molar-refractivity contribution in [3.63, 3.8) is 0 Å². The van der Waals surface area contributed by atoms with Crippen LogP contribution < -0.4 is 0 Å². The van der Waals surface area contributed by atoms with Gasteiger partial charge in [-0.1, -0.05) is 18.2 Å². The Kier molecular flexibility index (Phi) is 6.58. The summed E-state index contributed by atoms with van der Waals surface area (Å²) in [5, 5.41) is 0. The van der Waals surface area contributed by atoms with E-state index in [9.17, 15) is 13.2 Å². The smallest absolute Gasteiger partial charge is 0.132 e. The van der Waals surface area contributed by atoms with Gasteiger partial charge in [-0.05, 0) is 76.5 Å². The summed E-state index contributed by atoms with van der Waals surface area (Å²) in [7, 11) is 2.10. The highest BCUT2D eigenvalue weighted by molar-refractivity contribution is 5.25. The van der Waals surface area contributed by atoms with Crippen LogP contribution >= 0.6 is 0 Å². The summed E-state index contributed by atoms with van der Waals surface area (Å²) in [4.78, 5) is 2.32. The van der Waals surface area contributed by atoms with Gasteiger partial charge in [-0.3, -0.25) is 0 Å². The van der Waals surface area contributed by atoms with Gasteiger partial charge in [-0.15, -0.1) is 0 Å². The van der Waals surface area contributed by atoms with Gasteiger partial charge in [0, 0.05) is 23.7 Å². The molecule has 1 fully saturated rings. The number of allylic oxidation sites excluding steroid dienone is 4. The third-order valence-electron chi connectivity index (χ3n) is 5.86. The zero-order valence-electron chi connectivity index (χ0n) is 15.5. The fourth-order valence-corrected chi connectivity index (χ4v) is 4.29. The molecule has 0 bridgehead atoms. The highest BCUT2D eigenvalue weighted by Crippen LogP contribution is 2.34. The Bertz CT molecular complexity index is 649. The molecule has 3 rings (SSSR count).